The maximum absolute atomic E-state index is 12.2. The molecule has 19 heavy (non-hydrogen) atoms. The molecule has 0 radical (unpaired) electrons. The number of nitrogens with two attached hydrogens (primary N) is 1. The van der Waals surface area contributed by atoms with E-state index >= 15 is 0 Å². The van der Waals surface area contributed by atoms with Gasteiger partial charge in [0, 0.05) is 33.8 Å². The van der Waals surface area contributed by atoms with Gasteiger partial charge in [-0.15, -0.1) is 0 Å². The van der Waals surface area contributed by atoms with Gasteiger partial charge in [-0.2, -0.15) is 0 Å². The van der Waals surface area contributed by atoms with Crippen molar-refractivity contribution in [2.45, 2.75) is 13.8 Å². The zero-order chi connectivity index (χ0) is 14.4. The number of hydrogen-bond donors (Lipinski definition) is 1. The number of hydrogen-bond acceptors (Lipinski definition) is 6. The minimum absolute atomic E-state index is 0.106. The Morgan fingerprint density at radius 2 is 2.05 bits per heavy atom. The summed E-state index contributed by atoms with van der Waals surface area (Å²) >= 11 is 1.34. The molecule has 0 aliphatic heterocycles. The molecule has 6 nitrogen and oxygen atoms in total. The van der Waals surface area contributed by atoms with Gasteiger partial charge in [0.15, 0.2) is 5.13 Å². The van der Waals surface area contributed by atoms with Crippen molar-refractivity contribution in [2.24, 2.45) is 0 Å². The summed E-state index contributed by atoms with van der Waals surface area (Å²) in [6, 6.07) is 0. The highest BCUT2D eigenvalue weighted by molar-refractivity contribution is 7.18. The largest absolute Gasteiger partial charge is 0.383 e. The smallest absolute Gasteiger partial charge is 0.267 e. The molecule has 7 heteroatoms. The molecular weight excluding hydrogens is 264 g/mol. The van der Waals surface area contributed by atoms with Crippen LogP contribution in [0.3, 0.4) is 0 Å². The Hall–Kier alpha value is -1.34. The lowest BCUT2D eigenvalue weighted by Gasteiger charge is -2.17. The van der Waals surface area contributed by atoms with E-state index in [-0.39, 0.29) is 5.91 Å². The van der Waals surface area contributed by atoms with Crippen LogP contribution in [0.4, 0.5) is 10.9 Å². The van der Waals surface area contributed by atoms with Crippen molar-refractivity contribution < 1.29 is 9.53 Å². The van der Waals surface area contributed by atoms with E-state index in [1.165, 1.54) is 11.3 Å². The van der Waals surface area contributed by atoms with E-state index in [0.29, 0.717) is 23.8 Å². The Balaban J connectivity index is 2.86. The van der Waals surface area contributed by atoms with Gasteiger partial charge in [0.05, 0.1) is 6.61 Å². The molecule has 0 spiro atoms. The van der Waals surface area contributed by atoms with Crippen molar-refractivity contribution in [3.8, 4) is 0 Å². The van der Waals surface area contributed by atoms with Crippen LogP contribution in [0.15, 0.2) is 0 Å². The number of nitrogen functional groups attached to an aromatic ring is 1. The van der Waals surface area contributed by atoms with Gasteiger partial charge >= 0.3 is 0 Å². The number of aromatic nitrogens is 1. The molecule has 1 aromatic heterocycles. The summed E-state index contributed by atoms with van der Waals surface area (Å²) < 4.78 is 4.96. The van der Waals surface area contributed by atoms with Gasteiger partial charge in [-0.05, 0) is 13.8 Å². The van der Waals surface area contributed by atoms with Gasteiger partial charge in [-0.1, -0.05) is 11.3 Å². The van der Waals surface area contributed by atoms with E-state index in [1.807, 2.05) is 13.8 Å². The summed E-state index contributed by atoms with van der Waals surface area (Å²) in [7, 11) is 3.34. The number of methoxy groups -OCH3 is 1. The maximum Gasteiger partial charge on any atom is 0.267 e. The number of likely N-dealkylation sites (N-methyl/N-ethyl adjacent to an activating group) is 1. The second-order valence-corrected chi connectivity index (χ2v) is 5.08. The average molecular weight is 286 g/mol. The standard InChI is InChI=1S/C12H22N4O2S/c1-5-16(6-2)12-14-10(13)9(19-12)11(17)15(3)7-8-18-4/h5-8,13H2,1-4H3. The Morgan fingerprint density at radius 3 is 2.58 bits per heavy atom. The first-order chi connectivity index (χ1) is 9.04. The Morgan fingerprint density at radius 1 is 1.42 bits per heavy atom. The summed E-state index contributed by atoms with van der Waals surface area (Å²) in [6.07, 6.45) is 0. The fourth-order valence-corrected chi connectivity index (χ4v) is 2.71. The second-order valence-electron chi connectivity index (χ2n) is 4.10. The first-order valence-corrected chi connectivity index (χ1v) is 7.12. The monoisotopic (exact) mass is 286 g/mol. The van der Waals surface area contributed by atoms with E-state index in [1.54, 1.807) is 19.1 Å². The summed E-state index contributed by atoms with van der Waals surface area (Å²) in [5, 5.41) is 0.797. The molecule has 0 bridgehead atoms. The molecule has 0 atom stereocenters. The van der Waals surface area contributed by atoms with Gasteiger partial charge < -0.3 is 20.3 Å². The Bertz CT molecular complexity index is 418. The summed E-state index contributed by atoms with van der Waals surface area (Å²) in [4.78, 5) is 20.7. The van der Waals surface area contributed by atoms with E-state index < -0.39 is 0 Å². The average Bonchev–Trinajstić information content (AvgIpc) is 2.78. The van der Waals surface area contributed by atoms with Gasteiger partial charge in [0.1, 0.15) is 10.7 Å². The fraction of sp³-hybridized carbons (Fsp3) is 0.667. The molecule has 1 heterocycles. The van der Waals surface area contributed by atoms with Crippen LogP contribution >= 0.6 is 11.3 Å². The highest BCUT2D eigenvalue weighted by atomic mass is 32.1. The minimum Gasteiger partial charge on any atom is -0.383 e. The molecule has 2 N–H and O–H groups in total. The van der Waals surface area contributed by atoms with Crippen molar-refractivity contribution in [1.82, 2.24) is 9.88 Å². The van der Waals surface area contributed by atoms with Gasteiger partial charge in [-0.3, -0.25) is 4.79 Å². The molecule has 0 aromatic carbocycles. The van der Waals surface area contributed by atoms with E-state index in [0.717, 1.165) is 18.2 Å². The maximum atomic E-state index is 12.2. The quantitative estimate of drug-likeness (QED) is 0.818. The van der Waals surface area contributed by atoms with Crippen LogP contribution in [-0.2, 0) is 4.74 Å². The van der Waals surface area contributed by atoms with Crippen molar-refractivity contribution >= 4 is 28.2 Å². The molecule has 0 unspecified atom stereocenters. The third kappa shape index (κ3) is 3.81. The predicted molar refractivity (Wildman–Crippen MR) is 78.9 cm³/mol. The van der Waals surface area contributed by atoms with Gasteiger partial charge in [0.2, 0.25) is 0 Å². The lowest BCUT2D eigenvalue weighted by atomic mass is 10.4. The third-order valence-corrected chi connectivity index (χ3v) is 3.97. The number of nitrogens with zero attached hydrogens (tertiary/aromatic N) is 3. The minimum atomic E-state index is -0.106. The zero-order valence-electron chi connectivity index (χ0n) is 12.0. The van der Waals surface area contributed by atoms with Crippen LogP contribution < -0.4 is 10.6 Å². The fourth-order valence-electron chi connectivity index (χ4n) is 1.61. The first-order valence-electron chi connectivity index (χ1n) is 6.30. The second kappa shape index (κ2) is 7.30. The van der Waals surface area contributed by atoms with Crippen LogP contribution in [-0.4, -0.2) is 56.2 Å². The molecule has 0 saturated carbocycles. The molecule has 0 aliphatic rings. The topological polar surface area (TPSA) is 71.7 Å². The molecule has 1 rings (SSSR count). The van der Waals surface area contributed by atoms with Gasteiger partial charge in [-0.25, -0.2) is 4.98 Å². The Labute approximate surface area is 118 Å². The van der Waals surface area contributed by atoms with Crippen molar-refractivity contribution in [2.75, 3.05) is 51.0 Å². The zero-order valence-corrected chi connectivity index (χ0v) is 12.8. The molecule has 0 saturated heterocycles. The molecule has 108 valence electrons. The molecule has 1 amide bonds. The number of rotatable bonds is 7. The number of thiazole rings is 1. The van der Waals surface area contributed by atoms with Crippen molar-refractivity contribution in [3.05, 3.63) is 4.88 Å². The number of carbonyl (C=O) groups excluding carboxylic acids is 1. The van der Waals surface area contributed by atoms with E-state index in [2.05, 4.69) is 9.88 Å². The first kappa shape index (κ1) is 15.7. The highest BCUT2D eigenvalue weighted by Gasteiger charge is 2.21. The predicted octanol–water partition coefficient (Wildman–Crippen LogP) is 1.29. The van der Waals surface area contributed by atoms with Crippen molar-refractivity contribution in [3.63, 3.8) is 0 Å². The van der Waals surface area contributed by atoms with E-state index in [4.69, 9.17) is 10.5 Å². The summed E-state index contributed by atoms with van der Waals surface area (Å²) in [5.41, 5.74) is 5.85. The van der Waals surface area contributed by atoms with Gasteiger partial charge in [0.25, 0.3) is 5.91 Å². The number of ether oxygens (including phenoxy) is 1. The lowest BCUT2D eigenvalue weighted by molar-refractivity contribution is 0.0749. The molecule has 0 fully saturated rings. The Kier molecular flexibility index (Phi) is 6.04. The van der Waals surface area contributed by atoms with Crippen LogP contribution in [0.5, 0.6) is 0 Å². The van der Waals surface area contributed by atoms with Crippen LogP contribution in [0, 0.1) is 0 Å². The highest BCUT2D eigenvalue weighted by Crippen LogP contribution is 2.28. The summed E-state index contributed by atoms with van der Waals surface area (Å²) in [6.45, 7) is 6.82. The molecule has 0 aliphatic carbocycles. The number of amides is 1. The lowest BCUT2D eigenvalue weighted by Crippen LogP contribution is -2.29. The molecular formula is C12H22N4O2S. The number of carbonyl (C=O) groups is 1. The van der Waals surface area contributed by atoms with Crippen LogP contribution in [0.25, 0.3) is 0 Å². The molecule has 1 aromatic rings. The van der Waals surface area contributed by atoms with Crippen molar-refractivity contribution in [1.29, 1.82) is 0 Å². The number of anilines is 2. The third-order valence-electron chi connectivity index (χ3n) is 2.85. The van der Waals surface area contributed by atoms with Crippen LogP contribution in [0.2, 0.25) is 0 Å². The summed E-state index contributed by atoms with van der Waals surface area (Å²) in [5.74, 6) is 0.201. The normalized spacial score (nSPS) is 10.5. The van der Waals surface area contributed by atoms with Crippen LogP contribution in [0.1, 0.15) is 23.5 Å². The SMILES string of the molecule is CCN(CC)c1nc(N)c(C(=O)N(C)CCOC)s1. The van der Waals surface area contributed by atoms with E-state index in [9.17, 15) is 4.79 Å².